The molecule has 1 aromatic rings. The van der Waals surface area contributed by atoms with Gasteiger partial charge in [0.1, 0.15) is 0 Å². The number of morpholine rings is 1. The lowest BCUT2D eigenvalue weighted by molar-refractivity contribution is 0.122. The second-order valence-electron chi connectivity index (χ2n) is 4.98. The molecule has 1 aromatic carbocycles. The Hall–Kier alpha value is -1.06. The van der Waals surface area contributed by atoms with Crippen molar-refractivity contribution in [3.05, 3.63) is 29.3 Å². The van der Waals surface area contributed by atoms with E-state index >= 15 is 0 Å². The largest absolute Gasteiger partial charge is 0.378 e. The van der Waals surface area contributed by atoms with Gasteiger partial charge >= 0.3 is 0 Å². The molecule has 3 rings (SSSR count). The molecular weight excluding hydrogens is 212 g/mol. The Bertz CT molecular complexity index is 399. The number of anilines is 1. The highest BCUT2D eigenvalue weighted by Crippen LogP contribution is 2.33. The average molecular weight is 232 g/mol. The molecule has 1 N–H and O–H groups in total. The number of hydrogen-bond acceptors (Lipinski definition) is 3. The summed E-state index contributed by atoms with van der Waals surface area (Å²) in [6.07, 6.45) is 0. The molecular formula is C14H20N2O. The summed E-state index contributed by atoms with van der Waals surface area (Å²) in [5, 5.41) is 3.48. The lowest BCUT2D eigenvalue weighted by Crippen LogP contribution is -2.38. The molecule has 0 saturated carbocycles. The van der Waals surface area contributed by atoms with Gasteiger partial charge in [-0.1, -0.05) is 19.1 Å². The molecule has 2 aliphatic heterocycles. The molecule has 1 atom stereocenters. The molecule has 0 amide bonds. The van der Waals surface area contributed by atoms with E-state index in [2.05, 4.69) is 35.3 Å². The molecule has 1 unspecified atom stereocenters. The van der Waals surface area contributed by atoms with E-state index in [1.54, 1.807) is 5.56 Å². The molecule has 92 valence electrons. The summed E-state index contributed by atoms with van der Waals surface area (Å²) in [5.74, 6) is 0.609. The van der Waals surface area contributed by atoms with Gasteiger partial charge in [0, 0.05) is 31.9 Å². The minimum absolute atomic E-state index is 0.609. The first-order valence-corrected chi connectivity index (χ1v) is 6.51. The molecule has 0 aliphatic carbocycles. The smallest absolute Gasteiger partial charge is 0.0642 e. The van der Waals surface area contributed by atoms with E-state index in [1.165, 1.54) is 11.3 Å². The van der Waals surface area contributed by atoms with Crippen LogP contribution >= 0.6 is 0 Å². The zero-order valence-electron chi connectivity index (χ0n) is 10.4. The van der Waals surface area contributed by atoms with Gasteiger partial charge in [0.05, 0.1) is 13.2 Å². The topological polar surface area (TPSA) is 24.5 Å². The number of fused-ring (bicyclic) bond motifs is 1. The zero-order valence-corrected chi connectivity index (χ0v) is 10.4. The summed E-state index contributed by atoms with van der Waals surface area (Å²) < 4.78 is 5.44. The van der Waals surface area contributed by atoms with Crippen molar-refractivity contribution >= 4 is 5.69 Å². The summed E-state index contributed by atoms with van der Waals surface area (Å²) in [5.41, 5.74) is 4.45. The zero-order chi connectivity index (χ0) is 11.7. The summed E-state index contributed by atoms with van der Waals surface area (Å²) in [4.78, 5) is 2.48. The summed E-state index contributed by atoms with van der Waals surface area (Å²) in [7, 11) is 0. The third kappa shape index (κ3) is 2.05. The molecule has 0 bridgehead atoms. The van der Waals surface area contributed by atoms with Crippen LogP contribution in [-0.4, -0.2) is 32.8 Å². The Morgan fingerprint density at radius 2 is 2.12 bits per heavy atom. The SMILES string of the molecule is CC1CNCc2cccc(N3CCOCC3)c21. The van der Waals surface area contributed by atoms with Crippen molar-refractivity contribution < 1.29 is 4.74 Å². The molecule has 2 heterocycles. The number of ether oxygens (including phenoxy) is 1. The van der Waals surface area contributed by atoms with Crippen LogP contribution < -0.4 is 10.2 Å². The van der Waals surface area contributed by atoms with Crippen LogP contribution in [0.4, 0.5) is 5.69 Å². The van der Waals surface area contributed by atoms with Gasteiger partial charge in [-0.15, -0.1) is 0 Å². The third-order valence-corrected chi connectivity index (χ3v) is 3.78. The highest BCUT2D eigenvalue weighted by atomic mass is 16.5. The summed E-state index contributed by atoms with van der Waals surface area (Å²) >= 11 is 0. The van der Waals surface area contributed by atoms with Gasteiger partial charge < -0.3 is 15.0 Å². The third-order valence-electron chi connectivity index (χ3n) is 3.78. The van der Waals surface area contributed by atoms with Gasteiger partial charge in [-0.3, -0.25) is 0 Å². The van der Waals surface area contributed by atoms with E-state index in [0.717, 1.165) is 39.4 Å². The second-order valence-corrected chi connectivity index (χ2v) is 4.98. The monoisotopic (exact) mass is 232 g/mol. The Balaban J connectivity index is 1.98. The Kier molecular flexibility index (Phi) is 3.04. The Labute approximate surface area is 103 Å². The van der Waals surface area contributed by atoms with Crippen LogP contribution in [0.15, 0.2) is 18.2 Å². The normalized spacial score (nSPS) is 24.5. The molecule has 1 saturated heterocycles. The minimum atomic E-state index is 0.609. The van der Waals surface area contributed by atoms with Crippen molar-refractivity contribution in [1.82, 2.24) is 5.32 Å². The van der Waals surface area contributed by atoms with Crippen LogP contribution in [0.5, 0.6) is 0 Å². The van der Waals surface area contributed by atoms with Gasteiger partial charge in [-0.2, -0.15) is 0 Å². The van der Waals surface area contributed by atoms with Crippen molar-refractivity contribution in [2.24, 2.45) is 0 Å². The standard InChI is InChI=1S/C14H20N2O/c1-11-9-15-10-12-3-2-4-13(14(11)12)16-5-7-17-8-6-16/h2-4,11,15H,5-10H2,1H3. The van der Waals surface area contributed by atoms with Crippen molar-refractivity contribution in [3.8, 4) is 0 Å². The maximum atomic E-state index is 5.44. The van der Waals surface area contributed by atoms with E-state index < -0.39 is 0 Å². The lowest BCUT2D eigenvalue weighted by Gasteiger charge is -2.34. The van der Waals surface area contributed by atoms with Gasteiger partial charge in [0.15, 0.2) is 0 Å². The van der Waals surface area contributed by atoms with Crippen LogP contribution in [0, 0.1) is 0 Å². The van der Waals surface area contributed by atoms with E-state index in [1.807, 2.05) is 0 Å². The number of rotatable bonds is 1. The fraction of sp³-hybridized carbons (Fsp3) is 0.571. The number of nitrogens with zero attached hydrogens (tertiary/aromatic N) is 1. The fourth-order valence-corrected chi connectivity index (χ4v) is 2.93. The lowest BCUT2D eigenvalue weighted by atomic mass is 9.90. The first kappa shape index (κ1) is 11.1. The van der Waals surface area contributed by atoms with E-state index in [4.69, 9.17) is 4.74 Å². The Morgan fingerprint density at radius 1 is 1.29 bits per heavy atom. The van der Waals surface area contributed by atoms with Crippen LogP contribution in [0.25, 0.3) is 0 Å². The average Bonchev–Trinajstić information content (AvgIpc) is 2.39. The van der Waals surface area contributed by atoms with E-state index in [9.17, 15) is 0 Å². The first-order valence-electron chi connectivity index (χ1n) is 6.51. The molecule has 0 aromatic heterocycles. The predicted molar refractivity (Wildman–Crippen MR) is 69.6 cm³/mol. The maximum Gasteiger partial charge on any atom is 0.0642 e. The number of benzene rings is 1. The molecule has 0 radical (unpaired) electrons. The summed E-state index contributed by atoms with van der Waals surface area (Å²) in [6, 6.07) is 6.71. The maximum absolute atomic E-state index is 5.44. The van der Waals surface area contributed by atoms with Crippen LogP contribution in [-0.2, 0) is 11.3 Å². The fourth-order valence-electron chi connectivity index (χ4n) is 2.93. The van der Waals surface area contributed by atoms with Crippen molar-refractivity contribution in [3.63, 3.8) is 0 Å². The van der Waals surface area contributed by atoms with Gasteiger partial charge in [-0.25, -0.2) is 0 Å². The van der Waals surface area contributed by atoms with E-state index in [-0.39, 0.29) is 0 Å². The van der Waals surface area contributed by atoms with E-state index in [0.29, 0.717) is 5.92 Å². The molecule has 0 spiro atoms. The van der Waals surface area contributed by atoms with Crippen molar-refractivity contribution in [2.45, 2.75) is 19.4 Å². The number of nitrogens with one attached hydrogen (secondary N) is 1. The van der Waals surface area contributed by atoms with Crippen molar-refractivity contribution in [1.29, 1.82) is 0 Å². The molecule has 1 fully saturated rings. The van der Waals surface area contributed by atoms with Crippen molar-refractivity contribution in [2.75, 3.05) is 37.7 Å². The quantitative estimate of drug-likeness (QED) is 0.798. The second kappa shape index (κ2) is 4.67. The number of hydrogen-bond donors (Lipinski definition) is 1. The van der Waals surface area contributed by atoms with Gasteiger partial charge in [-0.05, 0) is 23.1 Å². The van der Waals surface area contributed by atoms with Crippen LogP contribution in [0.3, 0.4) is 0 Å². The van der Waals surface area contributed by atoms with Gasteiger partial charge in [0.25, 0.3) is 0 Å². The molecule has 3 nitrogen and oxygen atoms in total. The summed E-state index contributed by atoms with van der Waals surface area (Å²) in [6.45, 7) is 8.18. The molecule has 17 heavy (non-hydrogen) atoms. The minimum Gasteiger partial charge on any atom is -0.378 e. The Morgan fingerprint density at radius 3 is 2.94 bits per heavy atom. The van der Waals surface area contributed by atoms with Crippen LogP contribution in [0.2, 0.25) is 0 Å². The van der Waals surface area contributed by atoms with Gasteiger partial charge in [0.2, 0.25) is 0 Å². The first-order chi connectivity index (χ1) is 8.36. The van der Waals surface area contributed by atoms with Crippen LogP contribution in [0.1, 0.15) is 24.0 Å². The highest BCUT2D eigenvalue weighted by molar-refractivity contribution is 5.59. The predicted octanol–water partition coefficient (Wildman–Crippen LogP) is 1.73. The molecule has 3 heteroatoms. The highest BCUT2D eigenvalue weighted by Gasteiger charge is 2.22. The molecule has 2 aliphatic rings.